The highest BCUT2D eigenvalue weighted by Gasteiger charge is 2.30. The third-order valence-corrected chi connectivity index (χ3v) is 4.28. The molecule has 1 aromatic carbocycles. The number of rotatable bonds is 6. The first-order valence-electron chi connectivity index (χ1n) is 5.67. The smallest absolute Gasteiger partial charge is 0.289 e. The third kappa shape index (κ3) is 3.98. The Bertz CT molecular complexity index is 569. The lowest BCUT2D eigenvalue weighted by atomic mass is 10.0. The summed E-state index contributed by atoms with van der Waals surface area (Å²) in [5.74, 6) is 0. The quantitative estimate of drug-likeness (QED) is 0.598. The van der Waals surface area contributed by atoms with E-state index < -0.39 is 26.2 Å². The maximum absolute atomic E-state index is 12.2. The lowest BCUT2D eigenvalue weighted by Gasteiger charge is -2.25. The average Bonchev–Trinajstić information content (AvgIpc) is 2.27. The second-order valence-corrected chi connectivity index (χ2v) is 6.40. The van der Waals surface area contributed by atoms with Gasteiger partial charge in [-0.15, -0.1) is 0 Å². The fraction of sp³-hybridized carbons (Fsp3) is 0.455. The Labute approximate surface area is 112 Å². The minimum absolute atomic E-state index is 0.312. The first-order chi connectivity index (χ1) is 8.69. The van der Waals surface area contributed by atoms with Gasteiger partial charge in [0.2, 0.25) is 10.0 Å². The lowest BCUT2D eigenvalue weighted by molar-refractivity contribution is -0.387. The van der Waals surface area contributed by atoms with Crippen LogP contribution in [0.1, 0.15) is 20.3 Å². The van der Waals surface area contributed by atoms with Crippen LogP contribution in [-0.4, -0.2) is 25.4 Å². The fourth-order valence-corrected chi connectivity index (χ4v) is 3.28. The van der Waals surface area contributed by atoms with Gasteiger partial charge in [0.15, 0.2) is 4.90 Å². The monoisotopic (exact) mass is 287 g/mol. The molecule has 0 radical (unpaired) electrons. The normalized spacial score (nSPS) is 12.4. The molecule has 7 nitrogen and oxygen atoms in total. The number of nitro benzene ring substituents is 1. The van der Waals surface area contributed by atoms with Gasteiger partial charge in [0.25, 0.3) is 5.69 Å². The van der Waals surface area contributed by atoms with Crippen LogP contribution in [0, 0.1) is 10.1 Å². The van der Waals surface area contributed by atoms with Gasteiger partial charge in [0.1, 0.15) is 0 Å². The van der Waals surface area contributed by atoms with Crippen molar-refractivity contribution in [2.24, 2.45) is 5.73 Å². The molecule has 1 rings (SSSR count). The summed E-state index contributed by atoms with van der Waals surface area (Å²) in [6.07, 6.45) is 0.423. The van der Waals surface area contributed by atoms with Gasteiger partial charge in [-0.2, -0.15) is 0 Å². The summed E-state index contributed by atoms with van der Waals surface area (Å²) >= 11 is 0. The SMILES string of the molecule is CC(C)(CCN)NS(=O)(=O)c1ccccc1[N+](=O)[O-]. The van der Waals surface area contributed by atoms with Crippen LogP contribution in [0.2, 0.25) is 0 Å². The number of nitro groups is 1. The molecule has 3 N–H and O–H groups in total. The molecule has 19 heavy (non-hydrogen) atoms. The molecule has 0 saturated carbocycles. The molecule has 0 aliphatic carbocycles. The summed E-state index contributed by atoms with van der Waals surface area (Å²) in [7, 11) is -3.96. The van der Waals surface area contributed by atoms with Crippen molar-refractivity contribution >= 4 is 15.7 Å². The Morgan fingerprint density at radius 1 is 1.37 bits per heavy atom. The minimum atomic E-state index is -3.96. The number of nitrogens with zero attached hydrogens (tertiary/aromatic N) is 1. The summed E-state index contributed by atoms with van der Waals surface area (Å²) in [6, 6.07) is 5.23. The van der Waals surface area contributed by atoms with Crippen molar-refractivity contribution in [1.29, 1.82) is 0 Å². The van der Waals surface area contributed by atoms with E-state index in [1.54, 1.807) is 13.8 Å². The van der Waals surface area contributed by atoms with Gasteiger partial charge in [-0.1, -0.05) is 12.1 Å². The van der Waals surface area contributed by atoms with Gasteiger partial charge in [-0.05, 0) is 32.9 Å². The summed E-state index contributed by atoms with van der Waals surface area (Å²) in [6.45, 7) is 3.66. The van der Waals surface area contributed by atoms with E-state index in [-0.39, 0.29) is 4.90 Å². The van der Waals surface area contributed by atoms with Crippen LogP contribution in [0.15, 0.2) is 29.2 Å². The maximum atomic E-state index is 12.2. The van der Waals surface area contributed by atoms with Crippen molar-refractivity contribution in [2.75, 3.05) is 6.54 Å². The lowest BCUT2D eigenvalue weighted by Crippen LogP contribution is -2.44. The predicted octanol–water partition coefficient (Wildman–Crippen LogP) is 1.00. The molecule has 0 unspecified atom stereocenters. The van der Waals surface area contributed by atoms with E-state index in [1.165, 1.54) is 18.2 Å². The van der Waals surface area contributed by atoms with Crippen molar-refractivity contribution < 1.29 is 13.3 Å². The Balaban J connectivity index is 3.18. The molecular formula is C11H17N3O4S. The van der Waals surface area contributed by atoms with Crippen LogP contribution in [-0.2, 0) is 10.0 Å². The first kappa shape index (κ1) is 15.5. The number of benzene rings is 1. The van der Waals surface area contributed by atoms with Gasteiger partial charge < -0.3 is 5.73 Å². The Morgan fingerprint density at radius 2 is 1.95 bits per heavy atom. The van der Waals surface area contributed by atoms with E-state index in [2.05, 4.69) is 4.72 Å². The molecule has 0 heterocycles. The second kappa shape index (κ2) is 5.64. The summed E-state index contributed by atoms with van der Waals surface area (Å²) in [5, 5.41) is 10.9. The number of para-hydroxylation sites is 1. The molecule has 0 spiro atoms. The van der Waals surface area contributed by atoms with E-state index in [9.17, 15) is 18.5 Å². The second-order valence-electron chi connectivity index (χ2n) is 4.75. The molecule has 0 aliphatic rings. The zero-order valence-electron chi connectivity index (χ0n) is 10.8. The molecular weight excluding hydrogens is 270 g/mol. The Kier molecular flexibility index (Phi) is 4.61. The third-order valence-electron chi connectivity index (χ3n) is 2.53. The number of nitrogens with two attached hydrogens (primary N) is 1. The molecule has 0 aromatic heterocycles. The summed E-state index contributed by atoms with van der Waals surface area (Å²) in [5.41, 5.74) is 4.19. The van der Waals surface area contributed by atoms with Gasteiger partial charge in [0, 0.05) is 11.6 Å². The topological polar surface area (TPSA) is 115 Å². The number of nitrogens with one attached hydrogen (secondary N) is 1. The molecule has 0 amide bonds. The fourth-order valence-electron chi connectivity index (χ4n) is 1.67. The molecule has 0 atom stereocenters. The van der Waals surface area contributed by atoms with E-state index >= 15 is 0 Å². The van der Waals surface area contributed by atoms with Gasteiger partial charge in [-0.3, -0.25) is 10.1 Å². The summed E-state index contributed by atoms with van der Waals surface area (Å²) in [4.78, 5) is 9.79. The van der Waals surface area contributed by atoms with Gasteiger partial charge in [0.05, 0.1) is 4.92 Å². The molecule has 1 aromatic rings. The van der Waals surface area contributed by atoms with Crippen LogP contribution in [0.25, 0.3) is 0 Å². The highest BCUT2D eigenvalue weighted by molar-refractivity contribution is 7.89. The molecule has 0 fully saturated rings. The molecule has 0 saturated heterocycles. The van der Waals surface area contributed by atoms with E-state index in [4.69, 9.17) is 5.73 Å². The van der Waals surface area contributed by atoms with Crippen LogP contribution < -0.4 is 10.5 Å². The molecule has 8 heteroatoms. The zero-order valence-corrected chi connectivity index (χ0v) is 11.6. The maximum Gasteiger partial charge on any atom is 0.289 e. The van der Waals surface area contributed by atoms with Crippen LogP contribution in [0.3, 0.4) is 0 Å². The summed E-state index contributed by atoms with van der Waals surface area (Å²) < 4.78 is 26.8. The first-order valence-corrected chi connectivity index (χ1v) is 7.15. The Morgan fingerprint density at radius 3 is 2.47 bits per heavy atom. The van der Waals surface area contributed by atoms with E-state index in [0.29, 0.717) is 13.0 Å². The van der Waals surface area contributed by atoms with Crippen molar-refractivity contribution in [3.05, 3.63) is 34.4 Å². The number of hydrogen-bond acceptors (Lipinski definition) is 5. The van der Waals surface area contributed by atoms with Gasteiger partial charge in [-0.25, -0.2) is 13.1 Å². The number of hydrogen-bond donors (Lipinski definition) is 2. The van der Waals surface area contributed by atoms with Crippen molar-refractivity contribution in [3.8, 4) is 0 Å². The van der Waals surface area contributed by atoms with Crippen LogP contribution >= 0.6 is 0 Å². The van der Waals surface area contributed by atoms with E-state index in [0.717, 1.165) is 6.07 Å². The average molecular weight is 287 g/mol. The predicted molar refractivity (Wildman–Crippen MR) is 71.2 cm³/mol. The van der Waals surface area contributed by atoms with Crippen LogP contribution in [0.5, 0.6) is 0 Å². The number of sulfonamides is 1. The Hall–Kier alpha value is -1.51. The molecule has 0 bridgehead atoms. The van der Waals surface area contributed by atoms with Crippen molar-refractivity contribution in [3.63, 3.8) is 0 Å². The highest BCUT2D eigenvalue weighted by Crippen LogP contribution is 2.24. The molecule has 106 valence electrons. The molecule has 0 aliphatic heterocycles. The van der Waals surface area contributed by atoms with E-state index in [1.807, 2.05) is 0 Å². The minimum Gasteiger partial charge on any atom is -0.330 e. The van der Waals surface area contributed by atoms with Crippen molar-refractivity contribution in [2.45, 2.75) is 30.7 Å². The highest BCUT2D eigenvalue weighted by atomic mass is 32.2. The van der Waals surface area contributed by atoms with Crippen molar-refractivity contribution in [1.82, 2.24) is 4.72 Å². The zero-order chi connectivity index (χ0) is 14.7. The van der Waals surface area contributed by atoms with Crippen LogP contribution in [0.4, 0.5) is 5.69 Å². The largest absolute Gasteiger partial charge is 0.330 e. The standard InChI is InChI=1S/C11H17N3O4S/c1-11(2,7-8-12)13-19(17,18)10-6-4-3-5-9(10)14(15)16/h3-6,13H,7-8,12H2,1-2H3. The van der Waals surface area contributed by atoms with Gasteiger partial charge >= 0.3 is 0 Å².